The van der Waals surface area contributed by atoms with Crippen molar-refractivity contribution >= 4 is 0 Å². The monoisotopic (exact) mass is 533 g/mol. The molecule has 0 aliphatic carbocycles. The molecule has 0 saturated heterocycles. The molecule has 2 rings (SSSR count). The van der Waals surface area contributed by atoms with E-state index >= 15 is 0 Å². The van der Waals surface area contributed by atoms with Gasteiger partial charge >= 0.3 is 0 Å². The molecule has 1 unspecified atom stereocenters. The molecule has 0 aliphatic heterocycles. The van der Waals surface area contributed by atoms with Crippen LogP contribution in [0.1, 0.15) is 182 Å². The number of rotatable bonds is 3. The summed E-state index contributed by atoms with van der Waals surface area (Å²) < 4.78 is 0. The van der Waals surface area contributed by atoms with E-state index in [0.717, 1.165) is 6.42 Å². The highest BCUT2D eigenvalue weighted by molar-refractivity contribution is 5.57. The van der Waals surface area contributed by atoms with Crippen LogP contribution >= 0.6 is 0 Å². The predicted molar refractivity (Wildman–Crippen MR) is 177 cm³/mol. The Morgan fingerprint density at radius 1 is 0.436 bits per heavy atom. The second kappa shape index (κ2) is 10.4. The molecule has 0 radical (unpaired) electrons. The van der Waals surface area contributed by atoms with Crippen LogP contribution in [0.5, 0.6) is 0 Å². The SMILES string of the molecule is CC(Cc1cc(C(C)(C)C)c(C(C)(C)C)c(C(C)(C)C)c1C(C)(C)C)c1cc(C(C)(C)C)cc(C(C)(C)C)c1. The van der Waals surface area contributed by atoms with Crippen LogP contribution < -0.4 is 0 Å². The highest BCUT2D eigenvalue weighted by Gasteiger charge is 2.38. The molecule has 0 N–H and O–H groups in total. The molecule has 0 saturated carbocycles. The van der Waals surface area contributed by atoms with E-state index in [9.17, 15) is 0 Å². The van der Waals surface area contributed by atoms with Gasteiger partial charge < -0.3 is 0 Å². The summed E-state index contributed by atoms with van der Waals surface area (Å²) in [7, 11) is 0. The molecule has 2 aromatic rings. The molecular weight excluding hydrogens is 468 g/mol. The van der Waals surface area contributed by atoms with Crippen LogP contribution in [0.4, 0.5) is 0 Å². The number of hydrogen-bond acceptors (Lipinski definition) is 0. The van der Waals surface area contributed by atoms with Crippen molar-refractivity contribution in [3.63, 3.8) is 0 Å². The van der Waals surface area contributed by atoms with Crippen molar-refractivity contribution in [2.75, 3.05) is 0 Å². The van der Waals surface area contributed by atoms with Crippen molar-refractivity contribution < 1.29 is 0 Å². The van der Waals surface area contributed by atoms with E-state index in [2.05, 4.69) is 156 Å². The van der Waals surface area contributed by atoms with Crippen LogP contribution in [0.25, 0.3) is 0 Å². The standard InChI is InChI=1S/C39H64/c1-25(26-21-28(34(2,3)4)24-29(22-26)35(5,6)7)20-27-23-30(36(8,9)10)32(38(14,15)16)33(39(17,18)19)31(27)37(11,12)13/h21-25H,20H2,1-19H3. The van der Waals surface area contributed by atoms with Gasteiger partial charge in [-0.15, -0.1) is 0 Å². The second-order valence-electron chi connectivity index (χ2n) is 18.7. The molecule has 0 nitrogen and oxygen atoms in total. The summed E-state index contributed by atoms with van der Waals surface area (Å²) in [6, 6.07) is 10.1. The molecule has 39 heavy (non-hydrogen) atoms. The first kappa shape index (κ1) is 33.6. The van der Waals surface area contributed by atoms with Crippen molar-refractivity contribution in [1.29, 1.82) is 0 Å². The van der Waals surface area contributed by atoms with Crippen molar-refractivity contribution in [3.8, 4) is 0 Å². The van der Waals surface area contributed by atoms with Gasteiger partial charge in [0.05, 0.1) is 0 Å². The third-order valence-electron chi connectivity index (χ3n) is 8.25. The van der Waals surface area contributed by atoms with Crippen LogP contribution in [0.15, 0.2) is 24.3 Å². The van der Waals surface area contributed by atoms with E-state index in [1.807, 2.05) is 0 Å². The maximum absolute atomic E-state index is 2.62. The minimum absolute atomic E-state index is 0.0516. The lowest BCUT2D eigenvalue weighted by atomic mass is 9.62. The van der Waals surface area contributed by atoms with E-state index in [-0.39, 0.29) is 32.5 Å². The quantitative estimate of drug-likeness (QED) is 0.369. The Kier molecular flexibility index (Phi) is 8.94. The van der Waals surface area contributed by atoms with E-state index in [0.29, 0.717) is 5.92 Å². The smallest absolute Gasteiger partial charge is 0.0126 e. The molecule has 0 amide bonds. The zero-order valence-electron chi connectivity index (χ0n) is 29.6. The maximum Gasteiger partial charge on any atom is -0.0126 e. The molecule has 0 fully saturated rings. The van der Waals surface area contributed by atoms with Gasteiger partial charge in [0.2, 0.25) is 0 Å². The molecular formula is C39H64. The van der Waals surface area contributed by atoms with Crippen LogP contribution in [0, 0.1) is 0 Å². The fourth-order valence-corrected chi connectivity index (χ4v) is 6.13. The first-order valence-electron chi connectivity index (χ1n) is 15.4. The van der Waals surface area contributed by atoms with E-state index < -0.39 is 0 Å². The normalized spacial score (nSPS) is 15.1. The summed E-state index contributed by atoms with van der Waals surface area (Å²) in [5, 5.41) is 0. The van der Waals surface area contributed by atoms with Gasteiger partial charge in [-0.2, -0.15) is 0 Å². The van der Waals surface area contributed by atoms with Gasteiger partial charge in [0.15, 0.2) is 0 Å². The summed E-state index contributed by atoms with van der Waals surface area (Å²) in [4.78, 5) is 0. The third-order valence-corrected chi connectivity index (χ3v) is 8.25. The zero-order chi connectivity index (χ0) is 30.7. The molecule has 2 aromatic carbocycles. The molecule has 0 aromatic heterocycles. The predicted octanol–water partition coefficient (Wildman–Crippen LogP) is 11.8. The molecule has 1 atom stereocenters. The lowest BCUT2D eigenvalue weighted by Crippen LogP contribution is -2.33. The summed E-state index contributed by atoms with van der Waals surface area (Å²) in [5.74, 6) is 0.427. The number of hydrogen-bond donors (Lipinski definition) is 0. The molecule has 0 aliphatic rings. The van der Waals surface area contributed by atoms with Gasteiger partial charge in [0, 0.05) is 0 Å². The van der Waals surface area contributed by atoms with E-state index in [1.165, 1.54) is 27.8 Å². The summed E-state index contributed by atoms with van der Waals surface area (Å²) in [6.45, 7) is 45.5. The van der Waals surface area contributed by atoms with Crippen LogP contribution in [-0.2, 0) is 38.9 Å². The van der Waals surface area contributed by atoms with Crippen LogP contribution in [0.2, 0.25) is 0 Å². The second-order valence-corrected chi connectivity index (χ2v) is 18.7. The highest BCUT2D eigenvalue weighted by Crippen LogP contribution is 2.48. The average Bonchev–Trinajstić information content (AvgIpc) is 2.68. The summed E-state index contributed by atoms with van der Waals surface area (Å²) >= 11 is 0. The Balaban J connectivity index is 2.97. The Labute approximate surface area is 244 Å². The Morgan fingerprint density at radius 2 is 0.821 bits per heavy atom. The van der Waals surface area contributed by atoms with Crippen molar-refractivity contribution in [1.82, 2.24) is 0 Å². The first-order valence-corrected chi connectivity index (χ1v) is 15.4. The zero-order valence-corrected chi connectivity index (χ0v) is 29.6. The fraction of sp³-hybridized carbons (Fsp3) is 0.692. The molecule has 0 heterocycles. The lowest BCUT2D eigenvalue weighted by Gasteiger charge is -2.42. The minimum atomic E-state index is 0.0516. The molecule has 0 bridgehead atoms. The van der Waals surface area contributed by atoms with Crippen molar-refractivity contribution in [2.45, 2.75) is 176 Å². The first-order chi connectivity index (χ1) is 17.1. The van der Waals surface area contributed by atoms with Crippen molar-refractivity contribution in [3.05, 3.63) is 68.8 Å². The average molecular weight is 533 g/mol. The van der Waals surface area contributed by atoms with Crippen LogP contribution in [0.3, 0.4) is 0 Å². The Bertz CT molecular complexity index is 1130. The number of benzene rings is 2. The minimum Gasteiger partial charge on any atom is -0.0581 e. The van der Waals surface area contributed by atoms with Gasteiger partial charge in [-0.05, 0) is 89.3 Å². The Hall–Kier alpha value is -1.56. The topological polar surface area (TPSA) is 0 Å². The van der Waals surface area contributed by atoms with Gasteiger partial charge in [-0.3, -0.25) is 0 Å². The van der Waals surface area contributed by atoms with Gasteiger partial charge in [0.25, 0.3) is 0 Å². The van der Waals surface area contributed by atoms with Gasteiger partial charge in [-0.25, -0.2) is 0 Å². The van der Waals surface area contributed by atoms with E-state index in [1.54, 1.807) is 16.7 Å². The third kappa shape index (κ3) is 7.80. The van der Waals surface area contributed by atoms with E-state index in [4.69, 9.17) is 0 Å². The van der Waals surface area contributed by atoms with Crippen LogP contribution in [-0.4, -0.2) is 0 Å². The molecule has 0 spiro atoms. The molecule has 0 heteroatoms. The largest absolute Gasteiger partial charge is 0.0581 e. The highest BCUT2D eigenvalue weighted by atomic mass is 14.4. The fourth-order valence-electron chi connectivity index (χ4n) is 6.13. The lowest BCUT2D eigenvalue weighted by molar-refractivity contribution is 0.472. The van der Waals surface area contributed by atoms with Gasteiger partial charge in [0.1, 0.15) is 0 Å². The molecule has 220 valence electrons. The van der Waals surface area contributed by atoms with Crippen molar-refractivity contribution in [2.24, 2.45) is 0 Å². The van der Waals surface area contributed by atoms with Gasteiger partial charge in [-0.1, -0.05) is 156 Å². The maximum atomic E-state index is 2.62. The Morgan fingerprint density at radius 3 is 1.13 bits per heavy atom. The summed E-state index contributed by atoms with van der Waals surface area (Å²) in [5.41, 5.74) is 12.6. The summed E-state index contributed by atoms with van der Waals surface area (Å²) in [6.07, 6.45) is 1.06.